The van der Waals surface area contributed by atoms with Crippen molar-refractivity contribution < 1.29 is 63.6 Å². The average Bonchev–Trinajstić information content (AvgIpc) is 3.83. The fourth-order valence-electron chi connectivity index (χ4n) is 7.31. The van der Waals surface area contributed by atoms with Gasteiger partial charge in [0.15, 0.2) is 22.3 Å². The largest absolute Gasteiger partial charge is 0.504 e. The Morgan fingerprint density at radius 1 is 1.12 bits per heavy atom. The lowest BCUT2D eigenvalue weighted by Gasteiger charge is -2.50. The first kappa shape index (κ1) is 41.4. The minimum Gasteiger partial charge on any atom is -0.504 e. The fourth-order valence-corrected chi connectivity index (χ4v) is 9.19. The molecule has 3 amide bonds. The van der Waals surface area contributed by atoms with Crippen LogP contribution in [0, 0.1) is 0 Å². The number of aliphatic carboxylic acids is 3. The highest BCUT2D eigenvalue weighted by Crippen LogP contribution is 2.41. The Labute approximate surface area is 336 Å². The number of thiazole rings is 1. The van der Waals surface area contributed by atoms with Gasteiger partial charge >= 0.3 is 17.9 Å². The van der Waals surface area contributed by atoms with Crippen LogP contribution in [-0.2, 0) is 35.4 Å². The fraction of sp³-hybridized carbons (Fsp3) is 0.400. The van der Waals surface area contributed by atoms with Crippen LogP contribution in [0.2, 0.25) is 0 Å². The Hall–Kier alpha value is -6.20. The van der Waals surface area contributed by atoms with Crippen LogP contribution >= 0.6 is 23.1 Å². The number of β-lactam (4-membered cyclic amide) rings is 1. The molecular weight excluding hydrogens is 805 g/mol. The number of benzene rings is 1. The molecule has 308 valence electrons. The van der Waals surface area contributed by atoms with Gasteiger partial charge < -0.3 is 55.8 Å². The molecule has 1 aromatic carbocycles. The summed E-state index contributed by atoms with van der Waals surface area (Å²) < 4.78 is 2.00. The van der Waals surface area contributed by atoms with Crippen molar-refractivity contribution in [2.24, 2.45) is 5.16 Å². The quantitative estimate of drug-likeness (QED) is 0.0307. The van der Waals surface area contributed by atoms with E-state index in [2.05, 4.69) is 20.8 Å². The van der Waals surface area contributed by atoms with Crippen molar-refractivity contribution >= 4 is 80.5 Å². The topological polar surface area (TPSA) is 313 Å². The van der Waals surface area contributed by atoms with Crippen LogP contribution < -0.4 is 21.8 Å². The number of amides is 3. The molecule has 0 aliphatic carbocycles. The number of nitrogens with one attached hydrogen (secondary N) is 2. The number of pyridine rings is 1. The van der Waals surface area contributed by atoms with E-state index in [0.29, 0.717) is 41.8 Å². The lowest BCUT2D eigenvalue weighted by atomic mass is 10.0. The maximum Gasteiger partial charge on any atom is 0.352 e. The van der Waals surface area contributed by atoms with Gasteiger partial charge in [0.05, 0.1) is 43.5 Å². The molecular formula is C35H39N8O13S2+. The summed E-state index contributed by atoms with van der Waals surface area (Å²) in [4.78, 5) is 99.0. The van der Waals surface area contributed by atoms with Crippen molar-refractivity contribution in [3.8, 4) is 11.5 Å². The summed E-state index contributed by atoms with van der Waals surface area (Å²) in [5.41, 5.74) is 4.59. The summed E-state index contributed by atoms with van der Waals surface area (Å²) in [5.74, 6) is -7.91. The Bertz CT molecular complexity index is 2330. The van der Waals surface area contributed by atoms with E-state index < -0.39 is 82.2 Å². The number of quaternary nitrogens is 1. The number of fused-ring (bicyclic) bond motifs is 2. The number of anilines is 1. The Kier molecular flexibility index (Phi) is 11.9. The number of rotatable bonds is 16. The van der Waals surface area contributed by atoms with Crippen LogP contribution in [0.1, 0.15) is 42.2 Å². The molecule has 3 atom stereocenters. The Morgan fingerprint density at radius 2 is 1.84 bits per heavy atom. The predicted molar refractivity (Wildman–Crippen MR) is 206 cm³/mol. The number of phenolic OH excluding ortho intramolecular Hbond substituents is 2. The Morgan fingerprint density at radius 3 is 2.47 bits per heavy atom. The van der Waals surface area contributed by atoms with Gasteiger partial charge in [-0.15, -0.1) is 23.1 Å². The maximum absolute atomic E-state index is 13.6. The minimum absolute atomic E-state index is 0.0170. The van der Waals surface area contributed by atoms with Gasteiger partial charge in [0, 0.05) is 42.3 Å². The first-order chi connectivity index (χ1) is 27.6. The van der Waals surface area contributed by atoms with Crippen molar-refractivity contribution in [3.05, 3.63) is 56.5 Å². The number of aromatic nitrogens is 2. The summed E-state index contributed by atoms with van der Waals surface area (Å²) in [5, 5.41) is 58.4. The number of phenols is 2. The monoisotopic (exact) mass is 843 g/mol. The summed E-state index contributed by atoms with van der Waals surface area (Å²) in [7, 11) is 0. The molecule has 9 N–H and O–H groups in total. The molecule has 2 saturated heterocycles. The maximum atomic E-state index is 13.6. The van der Waals surface area contributed by atoms with E-state index in [1.807, 2.05) is 0 Å². The first-order valence-corrected chi connectivity index (χ1v) is 19.8. The number of nitrogen functional groups attached to an aromatic ring is 1. The first-order valence-electron chi connectivity index (χ1n) is 17.9. The van der Waals surface area contributed by atoms with E-state index in [1.54, 1.807) is 11.5 Å². The molecule has 0 saturated carbocycles. The van der Waals surface area contributed by atoms with Crippen molar-refractivity contribution in [1.82, 2.24) is 25.1 Å². The highest BCUT2D eigenvalue weighted by Gasteiger charge is 2.55. The van der Waals surface area contributed by atoms with Crippen LogP contribution in [0.3, 0.4) is 0 Å². The number of aromatic hydroxyl groups is 2. The van der Waals surface area contributed by atoms with Crippen LogP contribution in [0.25, 0.3) is 10.9 Å². The van der Waals surface area contributed by atoms with Gasteiger partial charge in [0.25, 0.3) is 17.7 Å². The standard InChI is InChI=1S/C35H38N8O13S2/c1-2-41-12-17(27(47)23-19(41)5-6-20(44)28(23)48)29(49)37-7-10-43(8-3-4-9-43)13-16-14-57-32-25(31(51)42(32)26(16)34(54)55)39-30(50)24(18-15-58-35(36)38-18)40-56-21(33(52)53)11-22(45)46/h5-6,12,15,21,25,32H,2-4,7-11,13-14H2,1H3,(H8-,36,37,38,39,40,44,45,46,47,48,49,50,52,53,54,55)/p+1/t21-,25+,32+/m0/s1. The molecule has 6 rings (SSSR count). The molecule has 0 unspecified atom stereocenters. The molecule has 0 bridgehead atoms. The van der Waals surface area contributed by atoms with Crippen LogP contribution in [-0.4, -0.2) is 142 Å². The number of thioether (sulfide) groups is 1. The van der Waals surface area contributed by atoms with Crippen molar-refractivity contribution in [1.29, 1.82) is 0 Å². The highest BCUT2D eigenvalue weighted by molar-refractivity contribution is 8.00. The second kappa shape index (κ2) is 16.7. The van der Waals surface area contributed by atoms with Gasteiger partial charge in [-0.3, -0.25) is 28.9 Å². The molecule has 3 aliphatic heterocycles. The third-order valence-electron chi connectivity index (χ3n) is 10.1. The number of likely N-dealkylation sites (tertiary alicyclic amines) is 1. The van der Waals surface area contributed by atoms with Gasteiger partial charge in [0.2, 0.25) is 11.5 Å². The zero-order chi connectivity index (χ0) is 42.1. The summed E-state index contributed by atoms with van der Waals surface area (Å²) in [6.45, 7) is 4.18. The number of hydrogen-bond donors (Lipinski definition) is 8. The van der Waals surface area contributed by atoms with Gasteiger partial charge in [-0.05, 0) is 19.1 Å². The lowest BCUT2D eigenvalue weighted by molar-refractivity contribution is -0.911. The zero-order valence-electron chi connectivity index (χ0n) is 30.7. The van der Waals surface area contributed by atoms with Crippen LogP contribution in [0.5, 0.6) is 11.5 Å². The molecule has 5 heterocycles. The lowest BCUT2D eigenvalue weighted by Crippen LogP contribution is -2.71. The number of carboxylic acids is 3. The van der Waals surface area contributed by atoms with Crippen molar-refractivity contribution in [2.75, 3.05) is 44.2 Å². The summed E-state index contributed by atoms with van der Waals surface area (Å²) >= 11 is 2.14. The smallest absolute Gasteiger partial charge is 0.352 e. The van der Waals surface area contributed by atoms with E-state index >= 15 is 0 Å². The predicted octanol–water partition coefficient (Wildman–Crippen LogP) is -0.101. The van der Waals surface area contributed by atoms with Gasteiger partial charge in [0.1, 0.15) is 34.9 Å². The molecule has 0 radical (unpaired) electrons. The van der Waals surface area contributed by atoms with Gasteiger partial charge in [-0.1, -0.05) is 5.16 Å². The SMILES string of the molecule is CCn1cc(C(=O)NCC[N+]2(CC3=C(C(=O)O)N4C(=O)[C@@H](NC(=O)/C(=N\O[C@@H](CC(=O)O)C(=O)O)c5csc(N)n5)[C@H]4SC3)CCCC2)c(=O)c2c(O)c(O)ccc21. The molecule has 21 nitrogen and oxygen atoms in total. The number of carbonyl (C=O) groups excluding carboxylic acids is 3. The molecule has 3 aliphatic rings. The van der Waals surface area contributed by atoms with Crippen molar-refractivity contribution in [3.63, 3.8) is 0 Å². The third kappa shape index (κ3) is 8.13. The number of oxime groups is 1. The number of aryl methyl sites for hydroxylation is 1. The molecule has 23 heteroatoms. The number of nitrogens with two attached hydrogens (primary N) is 1. The Balaban J connectivity index is 1.16. The number of nitrogens with zero attached hydrogens (tertiary/aromatic N) is 5. The number of hydrogen-bond acceptors (Lipinski definition) is 15. The van der Waals surface area contributed by atoms with E-state index in [0.717, 1.165) is 29.1 Å². The second-order valence-corrected chi connectivity index (χ2v) is 15.8. The number of carbonyl (C=O) groups is 6. The van der Waals surface area contributed by atoms with Gasteiger partial charge in [-0.2, -0.15) is 0 Å². The molecule has 2 aromatic heterocycles. The highest BCUT2D eigenvalue weighted by atomic mass is 32.2. The third-order valence-corrected chi connectivity index (χ3v) is 12.1. The van der Waals surface area contributed by atoms with Crippen molar-refractivity contribution in [2.45, 2.75) is 50.3 Å². The summed E-state index contributed by atoms with van der Waals surface area (Å²) in [6.07, 6.45) is 0.109. The van der Waals surface area contributed by atoms with Crippen LogP contribution in [0.4, 0.5) is 5.13 Å². The molecule has 2 fully saturated rings. The van der Waals surface area contributed by atoms with E-state index in [1.165, 1.54) is 35.5 Å². The van der Waals surface area contributed by atoms with Crippen LogP contribution in [0.15, 0.2) is 44.9 Å². The van der Waals surface area contributed by atoms with E-state index in [4.69, 9.17) is 15.7 Å². The normalized spacial score (nSPS) is 19.3. The molecule has 3 aromatic rings. The minimum atomic E-state index is -1.96. The van der Waals surface area contributed by atoms with Gasteiger partial charge in [-0.25, -0.2) is 14.6 Å². The zero-order valence-corrected chi connectivity index (χ0v) is 32.4. The average molecular weight is 844 g/mol. The van der Waals surface area contributed by atoms with E-state index in [-0.39, 0.29) is 46.3 Å². The van der Waals surface area contributed by atoms with E-state index in [9.17, 15) is 54.0 Å². The molecule has 0 spiro atoms. The second-order valence-electron chi connectivity index (χ2n) is 13.8. The molecule has 58 heavy (non-hydrogen) atoms. The summed E-state index contributed by atoms with van der Waals surface area (Å²) in [6, 6.07) is 1.50. The number of carboxylic acid groups (broad SMARTS) is 3.